The molecule has 1 aromatic carbocycles. The second kappa shape index (κ2) is 5.27. The Morgan fingerprint density at radius 3 is 2.29 bits per heavy atom. The van der Waals surface area contributed by atoms with Crippen LogP contribution in [0.4, 0.5) is 0 Å². The van der Waals surface area contributed by atoms with Crippen LogP contribution in [-0.4, -0.2) is 15.7 Å². The molecule has 1 amide bonds. The summed E-state index contributed by atoms with van der Waals surface area (Å²) in [6.07, 6.45) is 0. The second-order valence-electron chi connectivity index (χ2n) is 3.66. The summed E-state index contributed by atoms with van der Waals surface area (Å²) in [6.45, 7) is 4.89. The lowest BCUT2D eigenvalue weighted by molar-refractivity contribution is -0.117. The molecule has 1 atom stereocenters. The topological polar surface area (TPSA) is 86.6 Å². The largest absolute Gasteiger partial charge is 0.352 e. The highest BCUT2D eigenvalue weighted by atomic mass is 31.2. The third kappa shape index (κ3) is 3.82. The molecule has 1 rings (SSSR count). The van der Waals surface area contributed by atoms with Crippen LogP contribution in [0.1, 0.15) is 18.3 Å². The zero-order valence-corrected chi connectivity index (χ0v) is 10.2. The predicted molar refractivity (Wildman–Crippen MR) is 64.2 cm³/mol. The van der Waals surface area contributed by atoms with E-state index in [1.807, 2.05) is 0 Å². The maximum atomic E-state index is 11.4. The van der Waals surface area contributed by atoms with Crippen molar-refractivity contribution in [2.75, 3.05) is 0 Å². The zero-order valence-electron chi connectivity index (χ0n) is 9.33. The Bertz CT molecular complexity index is 466. The van der Waals surface area contributed by atoms with Gasteiger partial charge in [-0.3, -0.25) is 9.36 Å². The summed E-state index contributed by atoms with van der Waals surface area (Å²) in [4.78, 5) is 29.9. The molecule has 0 radical (unpaired) electrons. The van der Waals surface area contributed by atoms with Gasteiger partial charge in [-0.15, -0.1) is 0 Å². The fourth-order valence-corrected chi connectivity index (χ4v) is 2.09. The van der Waals surface area contributed by atoms with Crippen LogP contribution in [0.5, 0.6) is 0 Å². The summed E-state index contributed by atoms with van der Waals surface area (Å²) < 4.78 is 11.3. The lowest BCUT2D eigenvalue weighted by Gasteiger charge is -2.20. The quantitative estimate of drug-likeness (QED) is 0.562. The van der Waals surface area contributed by atoms with E-state index in [9.17, 15) is 19.1 Å². The van der Waals surface area contributed by atoms with Gasteiger partial charge in [0.05, 0.1) is 0 Å². The Hall–Kier alpha value is -1.42. The Balaban J connectivity index is 3.03. The molecule has 0 aliphatic heterocycles. The van der Waals surface area contributed by atoms with Gasteiger partial charge < -0.3 is 15.1 Å². The normalized spacial score (nSPS) is 12.9. The smallest absolute Gasteiger partial charge is 0.335 e. The minimum Gasteiger partial charge on any atom is -0.335 e. The van der Waals surface area contributed by atoms with Crippen molar-refractivity contribution in [1.82, 2.24) is 5.32 Å². The van der Waals surface area contributed by atoms with Gasteiger partial charge in [0, 0.05) is 5.57 Å². The first-order valence-corrected chi connectivity index (χ1v) is 6.57. The van der Waals surface area contributed by atoms with Crippen LogP contribution in [0, 0.1) is 0 Å². The molecule has 0 fully saturated rings. The first kappa shape index (κ1) is 13.6. The summed E-state index contributed by atoms with van der Waals surface area (Å²) >= 11 is 0. The number of nitrogens with one attached hydrogen (secondary N) is 1. The molecule has 0 saturated heterocycles. The van der Waals surface area contributed by atoms with Gasteiger partial charge >= 0.3 is 7.60 Å². The zero-order chi connectivity index (χ0) is 13.1. The second-order valence-corrected chi connectivity index (χ2v) is 5.35. The predicted octanol–water partition coefficient (Wildman–Crippen LogP) is 1.56. The Morgan fingerprint density at radius 1 is 1.35 bits per heavy atom. The molecule has 3 N–H and O–H groups in total. The number of benzene rings is 1. The minimum absolute atomic E-state index is 0.194. The van der Waals surface area contributed by atoms with Gasteiger partial charge in [-0.1, -0.05) is 36.9 Å². The molecule has 1 aromatic rings. The summed E-state index contributed by atoms with van der Waals surface area (Å²) in [5.41, 5.74) is 0.551. The van der Waals surface area contributed by atoms with Gasteiger partial charge in [0.1, 0.15) is 0 Å². The van der Waals surface area contributed by atoms with Crippen molar-refractivity contribution in [3.63, 3.8) is 0 Å². The van der Waals surface area contributed by atoms with Crippen LogP contribution in [0.25, 0.3) is 0 Å². The van der Waals surface area contributed by atoms with Gasteiger partial charge in [-0.25, -0.2) is 0 Å². The van der Waals surface area contributed by atoms with E-state index in [0.29, 0.717) is 5.56 Å². The average molecular weight is 255 g/mol. The number of amides is 1. The van der Waals surface area contributed by atoms with Crippen molar-refractivity contribution in [2.24, 2.45) is 0 Å². The van der Waals surface area contributed by atoms with Crippen LogP contribution in [0.3, 0.4) is 0 Å². The van der Waals surface area contributed by atoms with Crippen LogP contribution in [0.15, 0.2) is 42.5 Å². The van der Waals surface area contributed by atoms with E-state index >= 15 is 0 Å². The van der Waals surface area contributed by atoms with E-state index in [1.54, 1.807) is 30.3 Å². The number of hydrogen-bond donors (Lipinski definition) is 3. The molecule has 5 nitrogen and oxygen atoms in total. The Morgan fingerprint density at radius 2 is 1.88 bits per heavy atom. The lowest BCUT2D eigenvalue weighted by Crippen LogP contribution is -2.28. The fraction of sp³-hybridized carbons (Fsp3) is 0.182. The van der Waals surface area contributed by atoms with Crippen molar-refractivity contribution in [1.29, 1.82) is 0 Å². The molecule has 0 aliphatic rings. The minimum atomic E-state index is -4.46. The Labute approximate surface area is 99.3 Å². The van der Waals surface area contributed by atoms with E-state index in [4.69, 9.17) is 0 Å². The molecular weight excluding hydrogens is 241 g/mol. The molecule has 0 aliphatic carbocycles. The summed E-state index contributed by atoms with van der Waals surface area (Å²) in [7, 11) is -4.46. The molecule has 0 aromatic heterocycles. The van der Waals surface area contributed by atoms with E-state index in [1.165, 1.54) is 6.92 Å². The number of hydrogen-bond acceptors (Lipinski definition) is 2. The van der Waals surface area contributed by atoms with Crippen molar-refractivity contribution in [3.05, 3.63) is 48.0 Å². The van der Waals surface area contributed by atoms with Gasteiger partial charge in [0.25, 0.3) is 0 Å². The molecule has 0 bridgehead atoms. The van der Waals surface area contributed by atoms with Crippen molar-refractivity contribution in [2.45, 2.75) is 12.7 Å². The molecular formula is C11H14NO4P. The van der Waals surface area contributed by atoms with Gasteiger partial charge in [0.15, 0.2) is 5.78 Å². The van der Waals surface area contributed by atoms with Crippen LogP contribution in [0.2, 0.25) is 0 Å². The highest BCUT2D eigenvalue weighted by Crippen LogP contribution is 2.49. The summed E-state index contributed by atoms with van der Waals surface area (Å²) in [5, 5.41) is 2.27. The maximum Gasteiger partial charge on any atom is 0.352 e. The molecule has 0 spiro atoms. The lowest BCUT2D eigenvalue weighted by atomic mass is 10.2. The fourth-order valence-electron chi connectivity index (χ4n) is 1.24. The molecule has 17 heavy (non-hydrogen) atoms. The van der Waals surface area contributed by atoms with Crippen LogP contribution >= 0.6 is 7.60 Å². The standard InChI is InChI=1S/C11H14NO4P/c1-8(2)10(13)12-11(17(14,15)16)9-6-4-3-5-7-9/h3-7,11H,1H2,2H3,(H,12,13)(H2,14,15,16)/t11-/m0/s1. The number of carbonyl (C=O) groups excluding carboxylic acids is 1. The van der Waals surface area contributed by atoms with E-state index in [0.717, 1.165) is 0 Å². The first-order valence-electron chi connectivity index (χ1n) is 4.89. The van der Waals surface area contributed by atoms with E-state index in [-0.39, 0.29) is 5.57 Å². The third-order valence-corrected chi connectivity index (χ3v) is 3.21. The highest BCUT2D eigenvalue weighted by molar-refractivity contribution is 7.52. The number of rotatable bonds is 4. The average Bonchev–Trinajstić information content (AvgIpc) is 2.25. The summed E-state index contributed by atoms with van der Waals surface area (Å²) in [5.74, 6) is -1.92. The van der Waals surface area contributed by atoms with E-state index in [2.05, 4.69) is 11.9 Å². The molecule has 6 heteroatoms. The third-order valence-electron chi connectivity index (χ3n) is 2.11. The highest BCUT2D eigenvalue weighted by Gasteiger charge is 2.31. The first-order chi connectivity index (χ1) is 7.82. The Kier molecular flexibility index (Phi) is 4.23. The maximum absolute atomic E-state index is 11.4. The van der Waals surface area contributed by atoms with Gasteiger partial charge in [-0.2, -0.15) is 0 Å². The molecule has 92 valence electrons. The molecule has 0 unspecified atom stereocenters. The van der Waals surface area contributed by atoms with Crippen molar-refractivity contribution < 1.29 is 19.1 Å². The molecule has 0 heterocycles. The van der Waals surface area contributed by atoms with Crippen LogP contribution < -0.4 is 5.32 Å². The number of carbonyl (C=O) groups is 1. The van der Waals surface area contributed by atoms with Gasteiger partial charge in [-0.05, 0) is 12.5 Å². The van der Waals surface area contributed by atoms with Crippen molar-refractivity contribution in [3.8, 4) is 0 Å². The van der Waals surface area contributed by atoms with Crippen molar-refractivity contribution >= 4 is 13.5 Å². The SMILES string of the molecule is C=C(C)C(=O)N[C@H](c1ccccc1)P(=O)(O)O. The molecule has 0 saturated carbocycles. The summed E-state index contributed by atoms with van der Waals surface area (Å²) in [6, 6.07) is 8.10. The van der Waals surface area contributed by atoms with E-state index < -0.39 is 19.3 Å². The monoisotopic (exact) mass is 255 g/mol. The van der Waals surface area contributed by atoms with Crippen LogP contribution in [-0.2, 0) is 9.36 Å². The van der Waals surface area contributed by atoms with Gasteiger partial charge in [0.2, 0.25) is 5.91 Å².